The number of hydrogen-bond acceptors (Lipinski definition) is 9. The normalized spacial score (nSPS) is 16.1. The first-order valence-corrected chi connectivity index (χ1v) is 19.9. The number of hydrogen-bond donors (Lipinski definition) is 3. The van der Waals surface area contributed by atoms with Gasteiger partial charge in [-0.3, -0.25) is 19.8 Å². The van der Waals surface area contributed by atoms with Gasteiger partial charge < -0.3 is 15.0 Å². The molecule has 2 aliphatic rings. The van der Waals surface area contributed by atoms with Gasteiger partial charge in [0.25, 0.3) is 21.6 Å². The summed E-state index contributed by atoms with van der Waals surface area (Å²) < 4.78 is 50.2. The Labute approximate surface area is 328 Å². The maximum Gasteiger partial charge on any atom is 0.293 e. The molecule has 0 spiro atoms. The highest BCUT2D eigenvalue weighted by Gasteiger charge is 2.31. The van der Waals surface area contributed by atoms with Crippen LogP contribution in [0.5, 0.6) is 11.5 Å². The zero-order chi connectivity index (χ0) is 39.8. The second-order valence-electron chi connectivity index (χ2n) is 14.8. The van der Waals surface area contributed by atoms with Crippen LogP contribution in [0.4, 0.5) is 15.8 Å². The molecule has 0 atom stereocenters. The number of anilines is 1. The summed E-state index contributed by atoms with van der Waals surface area (Å²) in [7, 11) is -3.06. The van der Waals surface area contributed by atoms with Crippen LogP contribution in [0, 0.1) is 21.3 Å². The van der Waals surface area contributed by atoms with Gasteiger partial charge in [0.2, 0.25) is 0 Å². The van der Waals surface area contributed by atoms with Gasteiger partial charge in [0.1, 0.15) is 28.7 Å². The number of aromatic amines is 1. The Balaban J connectivity index is 1.16. The summed E-state index contributed by atoms with van der Waals surface area (Å²) in [6.07, 6.45) is 8.69. The molecule has 56 heavy (non-hydrogen) atoms. The first-order chi connectivity index (χ1) is 26.7. The van der Waals surface area contributed by atoms with E-state index in [1.807, 2.05) is 10.8 Å². The predicted molar refractivity (Wildman–Crippen MR) is 215 cm³/mol. The first-order valence-electron chi connectivity index (χ1n) is 18.1. The predicted octanol–water partition coefficient (Wildman–Crippen LogP) is 8.97. The second kappa shape index (κ2) is 15.5. The number of nitro groups is 1. The van der Waals surface area contributed by atoms with Crippen LogP contribution in [0.3, 0.4) is 0 Å². The summed E-state index contributed by atoms with van der Waals surface area (Å²) in [6.45, 7) is 6.51. The molecule has 15 heteroatoms. The molecule has 0 saturated carbocycles. The number of nitrogens with one attached hydrogen (secondary N) is 3. The molecular weight excluding hydrogens is 759 g/mol. The van der Waals surface area contributed by atoms with Gasteiger partial charge in [-0.1, -0.05) is 49.2 Å². The number of allylic oxidation sites excluding steroid dienone is 1. The van der Waals surface area contributed by atoms with E-state index in [1.54, 1.807) is 36.5 Å². The highest BCUT2D eigenvalue weighted by molar-refractivity contribution is 7.90. The Bertz CT molecular complexity index is 2550. The van der Waals surface area contributed by atoms with Crippen molar-refractivity contribution in [1.82, 2.24) is 19.6 Å². The fraction of sp³-hybridized carbons (Fsp3) is 0.268. The molecule has 1 amide bonds. The Kier molecular flexibility index (Phi) is 10.7. The van der Waals surface area contributed by atoms with Crippen LogP contribution in [0.15, 0.2) is 95.7 Å². The third kappa shape index (κ3) is 8.32. The molecule has 1 aliphatic carbocycles. The van der Waals surface area contributed by atoms with Crippen molar-refractivity contribution < 1.29 is 27.3 Å². The van der Waals surface area contributed by atoms with E-state index in [1.165, 1.54) is 43.1 Å². The first kappa shape index (κ1) is 38.7. The Morgan fingerprint density at radius 3 is 2.66 bits per heavy atom. The molecule has 1 aliphatic heterocycles. The molecule has 290 valence electrons. The Morgan fingerprint density at radius 1 is 1.11 bits per heavy atom. The van der Waals surface area contributed by atoms with Gasteiger partial charge >= 0.3 is 0 Å². The second-order valence-corrected chi connectivity index (χ2v) is 16.9. The number of carbonyl (C=O) groups excluding carboxylic acids is 1. The SMILES string of the molecule is CNc1ccc(S(=O)(=O)NC(=O)c2ccc(C3=CCN(CC4=C(c5ccc(Cl)cc5F)CC(C)(C)CC4)CC3)cc2Oc2cnc3[nH]ccc3c2)cc1[N+](=O)[O-]. The van der Waals surface area contributed by atoms with Crippen molar-refractivity contribution in [3.63, 3.8) is 0 Å². The van der Waals surface area contributed by atoms with Crippen molar-refractivity contribution in [3.05, 3.63) is 128 Å². The number of nitrogens with zero attached hydrogens (tertiary/aromatic N) is 3. The van der Waals surface area contributed by atoms with Gasteiger partial charge in [-0.05, 0) is 96.3 Å². The number of pyridine rings is 1. The molecule has 2 aromatic heterocycles. The molecule has 0 radical (unpaired) electrons. The van der Waals surface area contributed by atoms with Crippen molar-refractivity contribution in [2.75, 3.05) is 32.0 Å². The van der Waals surface area contributed by atoms with Crippen molar-refractivity contribution >= 4 is 61.1 Å². The van der Waals surface area contributed by atoms with Gasteiger partial charge in [-0.2, -0.15) is 0 Å². The molecule has 3 aromatic carbocycles. The van der Waals surface area contributed by atoms with Crippen LogP contribution in [0.1, 0.15) is 61.0 Å². The number of rotatable bonds is 11. The van der Waals surface area contributed by atoms with Crippen molar-refractivity contribution in [2.24, 2.45) is 5.41 Å². The lowest BCUT2D eigenvalue weighted by atomic mass is 9.72. The van der Waals surface area contributed by atoms with Crippen molar-refractivity contribution in [3.8, 4) is 11.5 Å². The molecule has 12 nitrogen and oxygen atoms in total. The number of carbonyl (C=O) groups is 1. The molecule has 3 N–H and O–H groups in total. The molecule has 0 fully saturated rings. The summed E-state index contributed by atoms with van der Waals surface area (Å²) in [5, 5.41) is 15.4. The fourth-order valence-electron chi connectivity index (χ4n) is 7.29. The smallest absolute Gasteiger partial charge is 0.293 e. The van der Waals surface area contributed by atoms with Crippen molar-refractivity contribution in [1.29, 1.82) is 0 Å². The van der Waals surface area contributed by atoms with Crippen LogP contribution < -0.4 is 14.8 Å². The van der Waals surface area contributed by atoms with E-state index >= 15 is 4.39 Å². The van der Waals surface area contributed by atoms with Crippen LogP contribution in [0.2, 0.25) is 5.02 Å². The third-order valence-electron chi connectivity index (χ3n) is 10.3. The molecule has 5 aromatic rings. The Morgan fingerprint density at radius 2 is 1.93 bits per heavy atom. The maximum absolute atomic E-state index is 15.2. The number of amides is 1. The average Bonchev–Trinajstić information content (AvgIpc) is 3.63. The summed E-state index contributed by atoms with van der Waals surface area (Å²) in [4.78, 5) is 33.9. The number of H-pyrrole nitrogens is 1. The van der Waals surface area contributed by atoms with E-state index in [9.17, 15) is 23.3 Å². The number of nitro benzene ring substituents is 1. The van der Waals surface area contributed by atoms with Crippen molar-refractivity contribution in [2.45, 2.75) is 44.4 Å². The number of ether oxygens (including phenoxy) is 1. The van der Waals surface area contributed by atoms with Gasteiger partial charge in [-0.15, -0.1) is 0 Å². The molecular formula is C41H40ClFN6O6S. The van der Waals surface area contributed by atoms with Crippen LogP contribution >= 0.6 is 11.6 Å². The minimum Gasteiger partial charge on any atom is -0.455 e. The quantitative estimate of drug-likeness (QED) is 0.0876. The van der Waals surface area contributed by atoms with E-state index in [2.05, 4.69) is 40.1 Å². The van der Waals surface area contributed by atoms with E-state index in [0.29, 0.717) is 41.5 Å². The minimum atomic E-state index is -4.53. The van der Waals surface area contributed by atoms with E-state index in [4.69, 9.17) is 16.3 Å². The summed E-state index contributed by atoms with van der Waals surface area (Å²) in [5.41, 5.74) is 4.96. The molecule has 0 unspecified atom stereocenters. The van der Waals surface area contributed by atoms with E-state index < -0.39 is 31.4 Å². The Hall–Kier alpha value is -5.57. The third-order valence-corrected chi connectivity index (χ3v) is 11.9. The summed E-state index contributed by atoms with van der Waals surface area (Å²) in [5.74, 6) is -0.878. The van der Waals surface area contributed by atoms with Gasteiger partial charge in [0.15, 0.2) is 0 Å². The average molecular weight is 799 g/mol. The van der Waals surface area contributed by atoms with E-state index in [-0.39, 0.29) is 28.2 Å². The number of halogens is 2. The number of aromatic nitrogens is 2. The molecule has 3 heterocycles. The summed E-state index contributed by atoms with van der Waals surface area (Å²) >= 11 is 6.08. The van der Waals surface area contributed by atoms with Gasteiger partial charge in [0, 0.05) is 54.9 Å². The number of fused-ring (bicyclic) bond motifs is 1. The molecule has 7 rings (SSSR count). The zero-order valence-electron chi connectivity index (χ0n) is 31.0. The van der Waals surface area contributed by atoms with Crippen LogP contribution in [-0.2, 0) is 10.0 Å². The minimum absolute atomic E-state index is 0.0507. The highest BCUT2D eigenvalue weighted by Crippen LogP contribution is 2.44. The highest BCUT2D eigenvalue weighted by atomic mass is 35.5. The monoisotopic (exact) mass is 798 g/mol. The fourth-order valence-corrected chi connectivity index (χ4v) is 8.43. The zero-order valence-corrected chi connectivity index (χ0v) is 32.6. The standard InChI is InChI=1S/C41H40ClFN6O6S/c1-41(2)14-10-28(34(22-41)32-8-5-29(42)20-35(32)43)24-48-16-12-25(13-17-48)26-4-7-33(38(19-26)55-30-18-27-11-15-45-39(27)46-23-30)40(50)47-56(53,54)31-6-9-36(44-3)37(21-31)49(51)52/h4-9,11-12,15,18-21,23,44H,10,13-14,16-17,22,24H2,1-3H3,(H,45,46)(H,47,50). The van der Waals surface area contributed by atoms with Crippen LogP contribution in [0.25, 0.3) is 22.2 Å². The lowest BCUT2D eigenvalue weighted by Crippen LogP contribution is -2.32. The topological polar surface area (TPSA) is 160 Å². The number of benzene rings is 3. The largest absolute Gasteiger partial charge is 0.455 e. The molecule has 0 saturated heterocycles. The van der Waals surface area contributed by atoms with Gasteiger partial charge in [0.05, 0.1) is 21.6 Å². The van der Waals surface area contributed by atoms with Crippen LogP contribution in [-0.4, -0.2) is 60.8 Å². The van der Waals surface area contributed by atoms with Gasteiger partial charge in [-0.25, -0.2) is 22.5 Å². The maximum atomic E-state index is 15.2. The summed E-state index contributed by atoms with van der Waals surface area (Å²) in [6, 6.07) is 16.7. The molecule has 0 bridgehead atoms. The lowest BCUT2D eigenvalue weighted by molar-refractivity contribution is -0.384. The van der Waals surface area contributed by atoms with E-state index in [0.717, 1.165) is 54.0 Å². The lowest BCUT2D eigenvalue weighted by Gasteiger charge is -2.36. The number of sulfonamides is 1.